The van der Waals surface area contributed by atoms with Gasteiger partial charge in [-0.15, -0.1) is 0 Å². The van der Waals surface area contributed by atoms with E-state index < -0.39 is 0 Å². The Bertz CT molecular complexity index is 194. The summed E-state index contributed by atoms with van der Waals surface area (Å²) in [4.78, 5) is 20.8. The molecule has 0 saturated heterocycles. The van der Waals surface area contributed by atoms with Crippen LogP contribution in [0.25, 0.3) is 0 Å². The molecule has 74 valence electrons. The van der Waals surface area contributed by atoms with E-state index in [0.717, 1.165) is 19.3 Å². The van der Waals surface area contributed by atoms with Gasteiger partial charge in [-0.1, -0.05) is 6.08 Å². The number of hydrogen-bond acceptors (Lipinski definition) is 3. The summed E-state index contributed by atoms with van der Waals surface area (Å²) in [5.41, 5.74) is 0. The quantitative estimate of drug-likeness (QED) is 0.359. The number of allylic oxidation sites excluding steroid dienone is 2. The maximum absolute atomic E-state index is 10.5. The molecule has 0 heterocycles. The largest absolute Gasteiger partial charge is 0.466 e. The van der Waals surface area contributed by atoms with E-state index in [4.69, 9.17) is 4.74 Å². The van der Waals surface area contributed by atoms with Crippen molar-refractivity contribution in [3.8, 4) is 0 Å². The molecule has 0 rings (SSSR count). The minimum atomic E-state index is -0.237. The summed E-state index contributed by atoms with van der Waals surface area (Å²) in [6, 6.07) is 0. The molecule has 0 bridgehead atoms. The molecule has 0 saturated carbocycles. The van der Waals surface area contributed by atoms with Gasteiger partial charge in [0.05, 0.1) is 6.61 Å². The Balaban J connectivity index is 3.17. The lowest BCUT2D eigenvalue weighted by Crippen LogP contribution is -1.99. The van der Waals surface area contributed by atoms with Crippen LogP contribution in [0, 0.1) is 0 Å². The van der Waals surface area contributed by atoms with Gasteiger partial charge in [-0.2, -0.15) is 0 Å². The minimum absolute atomic E-state index is 0.0694. The molecule has 0 unspecified atom stereocenters. The lowest BCUT2D eigenvalue weighted by molar-refractivity contribution is -0.141. The first-order chi connectivity index (χ1) is 6.13. The van der Waals surface area contributed by atoms with E-state index >= 15 is 0 Å². The predicted molar refractivity (Wildman–Crippen MR) is 50.3 cm³/mol. The molecular formula is C10H16O3. The maximum atomic E-state index is 10.5. The number of hydrogen-bond donors (Lipinski definition) is 0. The van der Waals surface area contributed by atoms with Crippen LogP contribution < -0.4 is 0 Å². The Labute approximate surface area is 78.8 Å². The van der Waals surface area contributed by atoms with E-state index in [1.54, 1.807) is 6.08 Å². The lowest BCUT2D eigenvalue weighted by Gasteiger charge is -1.98. The Hall–Kier alpha value is -1.12. The molecule has 0 radical (unpaired) electrons. The van der Waals surface area contributed by atoms with Crippen LogP contribution in [0.15, 0.2) is 12.2 Å². The topological polar surface area (TPSA) is 43.4 Å². The summed E-state index contributed by atoms with van der Waals surface area (Å²) >= 11 is 0. The van der Waals surface area contributed by atoms with Gasteiger partial charge in [-0.05, 0) is 32.3 Å². The zero-order chi connectivity index (χ0) is 10.1. The third kappa shape index (κ3) is 10.9. The fourth-order valence-corrected chi connectivity index (χ4v) is 0.829. The third-order valence-electron chi connectivity index (χ3n) is 1.42. The van der Waals surface area contributed by atoms with Gasteiger partial charge in [0.1, 0.15) is 0 Å². The van der Waals surface area contributed by atoms with Crippen molar-refractivity contribution in [3.63, 3.8) is 0 Å². The van der Waals surface area contributed by atoms with Gasteiger partial charge < -0.3 is 4.74 Å². The summed E-state index contributed by atoms with van der Waals surface area (Å²) in [6.45, 7) is 3.40. The summed E-state index contributed by atoms with van der Waals surface area (Å²) in [6.07, 6.45) is 6.06. The van der Waals surface area contributed by atoms with Crippen LogP contribution in [0.5, 0.6) is 0 Å². The fraction of sp³-hybridized carbons (Fsp3) is 0.600. The van der Waals surface area contributed by atoms with Gasteiger partial charge >= 0.3 is 5.97 Å². The molecule has 0 fully saturated rings. The number of ether oxygens (including phenoxy) is 1. The van der Waals surface area contributed by atoms with Crippen molar-refractivity contribution in [2.75, 3.05) is 6.61 Å². The van der Waals surface area contributed by atoms with E-state index in [2.05, 4.69) is 0 Å². The first kappa shape index (κ1) is 11.9. The second-order valence-corrected chi connectivity index (χ2v) is 2.85. The predicted octanol–water partition coefficient (Wildman–Crippen LogP) is 1.86. The highest BCUT2D eigenvalue weighted by Crippen LogP contribution is 1.97. The van der Waals surface area contributed by atoms with Crippen LogP contribution in [0.2, 0.25) is 0 Å². The van der Waals surface area contributed by atoms with Crippen LogP contribution in [-0.2, 0) is 14.3 Å². The molecule has 0 aromatic rings. The first-order valence-electron chi connectivity index (χ1n) is 4.43. The highest BCUT2D eigenvalue weighted by Gasteiger charge is 1.91. The molecule has 0 N–H and O–H groups in total. The normalized spacial score (nSPS) is 10.3. The molecule has 0 spiro atoms. The number of unbranched alkanes of at least 4 members (excludes halogenated alkanes) is 2. The van der Waals surface area contributed by atoms with E-state index in [-0.39, 0.29) is 11.8 Å². The van der Waals surface area contributed by atoms with Crippen LogP contribution in [0.1, 0.15) is 33.1 Å². The van der Waals surface area contributed by atoms with Crippen LogP contribution >= 0.6 is 0 Å². The van der Waals surface area contributed by atoms with Gasteiger partial charge in [0.25, 0.3) is 0 Å². The monoisotopic (exact) mass is 184 g/mol. The van der Waals surface area contributed by atoms with Crippen LogP contribution in [0.3, 0.4) is 0 Å². The van der Waals surface area contributed by atoms with E-state index in [1.807, 2.05) is 6.08 Å². The molecule has 13 heavy (non-hydrogen) atoms. The second kappa shape index (κ2) is 7.53. The zero-order valence-electron chi connectivity index (χ0n) is 8.21. The molecule has 0 amide bonds. The summed E-state index contributed by atoms with van der Waals surface area (Å²) in [5.74, 6) is -0.167. The number of carbonyl (C=O) groups excluding carboxylic acids is 2. The first-order valence-corrected chi connectivity index (χ1v) is 4.43. The number of ketones is 1. The van der Waals surface area contributed by atoms with Crippen molar-refractivity contribution < 1.29 is 14.3 Å². The van der Waals surface area contributed by atoms with Crippen molar-refractivity contribution in [2.24, 2.45) is 0 Å². The van der Waals surface area contributed by atoms with Crippen molar-refractivity contribution in [1.82, 2.24) is 0 Å². The standard InChI is InChI=1S/C10H16O3/c1-9(11)7-5-3-4-6-8-13-10(2)12/h5,7H,3-4,6,8H2,1-2H3/b7-5+. The van der Waals surface area contributed by atoms with Gasteiger partial charge in [0.2, 0.25) is 0 Å². The molecular weight excluding hydrogens is 168 g/mol. The number of rotatable bonds is 6. The third-order valence-corrected chi connectivity index (χ3v) is 1.42. The molecule has 0 aromatic heterocycles. The van der Waals surface area contributed by atoms with E-state index in [9.17, 15) is 9.59 Å². The van der Waals surface area contributed by atoms with Crippen molar-refractivity contribution in [1.29, 1.82) is 0 Å². The highest BCUT2D eigenvalue weighted by atomic mass is 16.5. The van der Waals surface area contributed by atoms with Crippen LogP contribution in [0.4, 0.5) is 0 Å². The SMILES string of the molecule is CC(=O)/C=C/CCCCOC(C)=O. The maximum Gasteiger partial charge on any atom is 0.302 e. The van der Waals surface area contributed by atoms with Gasteiger partial charge in [-0.25, -0.2) is 0 Å². The molecule has 0 aliphatic carbocycles. The molecule has 0 atom stereocenters. The molecule has 3 heteroatoms. The van der Waals surface area contributed by atoms with Crippen molar-refractivity contribution >= 4 is 11.8 Å². The number of esters is 1. The van der Waals surface area contributed by atoms with E-state index in [1.165, 1.54) is 13.8 Å². The fourth-order valence-electron chi connectivity index (χ4n) is 0.829. The molecule has 3 nitrogen and oxygen atoms in total. The van der Waals surface area contributed by atoms with Crippen molar-refractivity contribution in [2.45, 2.75) is 33.1 Å². The minimum Gasteiger partial charge on any atom is -0.466 e. The molecule has 0 aliphatic rings. The van der Waals surface area contributed by atoms with Gasteiger partial charge in [0, 0.05) is 6.92 Å². The Kier molecular flexibility index (Phi) is 6.88. The molecule has 0 aromatic carbocycles. The summed E-state index contributed by atoms with van der Waals surface area (Å²) < 4.78 is 4.74. The average molecular weight is 184 g/mol. The van der Waals surface area contributed by atoms with Crippen molar-refractivity contribution in [3.05, 3.63) is 12.2 Å². The summed E-state index contributed by atoms with van der Waals surface area (Å²) in [7, 11) is 0. The van der Waals surface area contributed by atoms with Crippen LogP contribution in [-0.4, -0.2) is 18.4 Å². The second-order valence-electron chi connectivity index (χ2n) is 2.85. The summed E-state index contributed by atoms with van der Waals surface area (Å²) in [5, 5.41) is 0. The smallest absolute Gasteiger partial charge is 0.302 e. The molecule has 0 aliphatic heterocycles. The van der Waals surface area contributed by atoms with Gasteiger partial charge in [0.15, 0.2) is 5.78 Å². The Morgan fingerprint density at radius 3 is 2.46 bits per heavy atom. The lowest BCUT2D eigenvalue weighted by atomic mass is 10.2. The Morgan fingerprint density at radius 2 is 1.92 bits per heavy atom. The number of carbonyl (C=O) groups is 2. The van der Waals surface area contributed by atoms with E-state index in [0.29, 0.717) is 6.61 Å². The average Bonchev–Trinajstić information content (AvgIpc) is 2.01. The highest BCUT2D eigenvalue weighted by molar-refractivity contribution is 5.87. The zero-order valence-corrected chi connectivity index (χ0v) is 8.21. The Morgan fingerprint density at radius 1 is 1.23 bits per heavy atom. The van der Waals surface area contributed by atoms with Gasteiger partial charge in [-0.3, -0.25) is 9.59 Å².